The molecule has 1 N–H and O–H groups in total. The Hall–Kier alpha value is -2.42. The quantitative estimate of drug-likeness (QED) is 0.532. The first-order valence-corrected chi connectivity index (χ1v) is 12.6. The second kappa shape index (κ2) is 8.50. The van der Waals surface area contributed by atoms with Gasteiger partial charge in [0.15, 0.2) is 0 Å². The summed E-state index contributed by atoms with van der Waals surface area (Å²) in [6.07, 6.45) is 10.3. The number of hydrogen-bond donors (Lipinski definition) is 1. The van der Waals surface area contributed by atoms with Gasteiger partial charge in [-0.15, -0.1) is 0 Å². The largest absolute Gasteiger partial charge is 0.327 e. The lowest BCUT2D eigenvalue weighted by atomic mass is 9.83. The summed E-state index contributed by atoms with van der Waals surface area (Å²) in [6.45, 7) is 2.26. The molecule has 1 aliphatic heterocycles. The van der Waals surface area contributed by atoms with Gasteiger partial charge in [0, 0.05) is 24.0 Å². The molecule has 32 heavy (non-hydrogen) atoms. The summed E-state index contributed by atoms with van der Waals surface area (Å²) >= 11 is 1.64. The number of nitrogens with one attached hydrogen (secondary N) is 1. The highest BCUT2D eigenvalue weighted by Crippen LogP contribution is 2.47. The van der Waals surface area contributed by atoms with E-state index < -0.39 is 0 Å². The Morgan fingerprint density at radius 2 is 1.72 bits per heavy atom. The monoisotopic (exact) mass is 457 g/mol. The molecule has 0 spiro atoms. The molecule has 0 atom stereocenters. The molecule has 2 aromatic heterocycles. The van der Waals surface area contributed by atoms with Gasteiger partial charge in [-0.1, -0.05) is 30.6 Å². The van der Waals surface area contributed by atoms with Gasteiger partial charge in [-0.2, -0.15) is 5.10 Å². The summed E-state index contributed by atoms with van der Waals surface area (Å²) in [6, 6.07) is 0.0578. The van der Waals surface area contributed by atoms with Gasteiger partial charge in [0.2, 0.25) is 6.41 Å². The van der Waals surface area contributed by atoms with Crippen LogP contribution in [0, 0.1) is 6.92 Å². The van der Waals surface area contributed by atoms with Crippen LogP contribution in [0.2, 0.25) is 0 Å². The molecule has 0 aromatic carbocycles. The van der Waals surface area contributed by atoms with Crippen LogP contribution < -0.4 is 5.32 Å². The van der Waals surface area contributed by atoms with E-state index in [1.807, 2.05) is 0 Å². The predicted molar refractivity (Wildman–Crippen MR) is 124 cm³/mol. The minimum Gasteiger partial charge on any atom is -0.320 e. The lowest BCUT2D eigenvalue weighted by molar-refractivity contribution is -0.127. The van der Waals surface area contributed by atoms with Crippen LogP contribution in [0.4, 0.5) is 9.80 Å². The number of likely N-dealkylation sites (N-methyl/N-ethyl adjacent to an activating group) is 1. The maximum Gasteiger partial charge on any atom is 0.327 e. The Morgan fingerprint density at radius 1 is 1.03 bits per heavy atom. The molecular weight excluding hydrogens is 426 g/mol. The van der Waals surface area contributed by atoms with Crippen molar-refractivity contribution in [3.63, 3.8) is 0 Å². The molecule has 8 nitrogen and oxygen atoms in total. The zero-order chi connectivity index (χ0) is 22.4. The first-order valence-electron chi connectivity index (χ1n) is 11.8. The maximum absolute atomic E-state index is 12.4. The molecule has 0 unspecified atom stereocenters. The highest BCUT2D eigenvalue weighted by atomic mass is 32.1. The normalized spacial score (nSPS) is 25.2. The molecular formula is C23H31N5O3S. The summed E-state index contributed by atoms with van der Waals surface area (Å²) in [7, 11) is 1.68. The zero-order valence-corrected chi connectivity index (χ0v) is 19.6. The van der Waals surface area contributed by atoms with E-state index in [9.17, 15) is 14.4 Å². The minimum atomic E-state index is -0.171. The minimum absolute atomic E-state index is 0.0169. The van der Waals surface area contributed by atoms with Crippen LogP contribution in [0.25, 0.3) is 10.2 Å². The van der Waals surface area contributed by atoms with Crippen LogP contribution in [0.15, 0.2) is 0 Å². The van der Waals surface area contributed by atoms with Gasteiger partial charge in [-0.05, 0) is 51.4 Å². The number of hydrogen-bond acceptors (Lipinski definition) is 5. The number of thiophene rings is 1. The number of rotatable bonds is 5. The number of anilines is 1. The van der Waals surface area contributed by atoms with Crippen molar-refractivity contribution >= 4 is 44.9 Å². The molecule has 0 bridgehead atoms. The SMILES string of the molecule is Cc1nn(C2CCC(N3C(=O)CN(C)C3=O)CC2)c2sc(NC=O)c(C3CCCCC3)c12. The van der Waals surface area contributed by atoms with Gasteiger partial charge in [0.25, 0.3) is 5.91 Å². The molecule has 1 saturated heterocycles. The number of imide groups is 1. The van der Waals surface area contributed by atoms with E-state index in [1.165, 1.54) is 52.9 Å². The summed E-state index contributed by atoms with van der Waals surface area (Å²) in [5.41, 5.74) is 2.31. The van der Waals surface area contributed by atoms with Gasteiger partial charge in [-0.25, -0.2) is 4.79 Å². The first kappa shape index (κ1) is 21.4. The number of nitrogens with zero attached hydrogens (tertiary/aromatic N) is 4. The summed E-state index contributed by atoms with van der Waals surface area (Å²) in [4.78, 5) is 40.1. The number of aromatic nitrogens is 2. The average Bonchev–Trinajstić information content (AvgIpc) is 3.40. The number of urea groups is 1. The van der Waals surface area contributed by atoms with Crippen molar-refractivity contribution in [3.05, 3.63) is 11.3 Å². The number of fused-ring (bicyclic) bond motifs is 1. The van der Waals surface area contributed by atoms with Crippen LogP contribution in [-0.2, 0) is 9.59 Å². The van der Waals surface area contributed by atoms with Gasteiger partial charge < -0.3 is 10.2 Å². The molecule has 172 valence electrons. The number of aryl methyl sites for hydroxylation is 1. The van der Waals surface area contributed by atoms with E-state index in [2.05, 4.69) is 16.9 Å². The van der Waals surface area contributed by atoms with Crippen molar-refractivity contribution in [2.45, 2.75) is 82.7 Å². The van der Waals surface area contributed by atoms with E-state index in [-0.39, 0.29) is 30.6 Å². The van der Waals surface area contributed by atoms with Crippen molar-refractivity contribution in [2.24, 2.45) is 0 Å². The lowest BCUT2D eigenvalue weighted by Crippen LogP contribution is -2.43. The van der Waals surface area contributed by atoms with E-state index in [0.29, 0.717) is 5.92 Å². The fraction of sp³-hybridized carbons (Fsp3) is 0.652. The van der Waals surface area contributed by atoms with Gasteiger partial charge in [0.05, 0.1) is 11.7 Å². The van der Waals surface area contributed by atoms with Crippen LogP contribution in [0.3, 0.4) is 0 Å². The molecule has 3 heterocycles. The summed E-state index contributed by atoms with van der Waals surface area (Å²) in [5.74, 6) is 0.398. The van der Waals surface area contributed by atoms with E-state index >= 15 is 0 Å². The first-order chi connectivity index (χ1) is 15.5. The predicted octanol–water partition coefficient (Wildman–Crippen LogP) is 4.40. The van der Waals surface area contributed by atoms with Gasteiger partial charge >= 0.3 is 6.03 Å². The van der Waals surface area contributed by atoms with E-state index in [0.717, 1.165) is 47.6 Å². The van der Waals surface area contributed by atoms with Crippen molar-refractivity contribution in [2.75, 3.05) is 18.9 Å². The fourth-order valence-corrected chi connectivity index (χ4v) is 7.27. The Kier molecular flexibility index (Phi) is 5.69. The Morgan fingerprint density at radius 3 is 2.34 bits per heavy atom. The van der Waals surface area contributed by atoms with Crippen molar-refractivity contribution in [1.82, 2.24) is 19.6 Å². The topological polar surface area (TPSA) is 87.5 Å². The second-order valence-corrected chi connectivity index (χ2v) is 10.5. The third-order valence-corrected chi connectivity index (χ3v) is 8.64. The number of amides is 4. The fourth-order valence-electron chi connectivity index (χ4n) is 5.95. The van der Waals surface area contributed by atoms with Crippen molar-refractivity contribution in [1.29, 1.82) is 0 Å². The maximum atomic E-state index is 12.4. The van der Waals surface area contributed by atoms with Crippen molar-refractivity contribution < 1.29 is 14.4 Å². The molecule has 4 amide bonds. The van der Waals surface area contributed by atoms with Crippen LogP contribution in [0.5, 0.6) is 0 Å². The number of carbonyl (C=O) groups excluding carboxylic acids is 3. The average molecular weight is 458 g/mol. The van der Waals surface area contributed by atoms with Crippen LogP contribution in [-0.4, -0.2) is 57.6 Å². The third-order valence-electron chi connectivity index (χ3n) is 7.51. The summed E-state index contributed by atoms with van der Waals surface area (Å²) in [5, 5.41) is 10.1. The molecule has 9 heteroatoms. The van der Waals surface area contributed by atoms with E-state index in [1.54, 1.807) is 18.4 Å². The Balaban J connectivity index is 1.41. The molecule has 2 aliphatic carbocycles. The van der Waals surface area contributed by atoms with Crippen molar-refractivity contribution in [3.8, 4) is 0 Å². The molecule has 2 saturated carbocycles. The second-order valence-electron chi connectivity index (χ2n) is 9.52. The van der Waals surface area contributed by atoms with Gasteiger partial charge in [-0.3, -0.25) is 19.2 Å². The van der Waals surface area contributed by atoms with E-state index in [4.69, 9.17) is 5.10 Å². The molecule has 5 rings (SSSR count). The standard InChI is InChI=1S/C23H31N5O3S/c1-14-19-20(15-6-4-3-5-7-15)21(24-13-29)32-22(19)28(25-14)17-10-8-16(9-11-17)27-18(30)12-26(2)23(27)31/h13,15-17H,3-12H2,1-2H3,(H,24,29). The molecule has 3 fully saturated rings. The smallest absolute Gasteiger partial charge is 0.320 e. The molecule has 2 aromatic rings. The van der Waals surface area contributed by atoms with Crippen LogP contribution >= 0.6 is 11.3 Å². The molecule has 0 radical (unpaired) electrons. The van der Waals surface area contributed by atoms with Gasteiger partial charge in [0.1, 0.15) is 16.4 Å². The Bertz CT molecular complexity index is 1050. The summed E-state index contributed by atoms with van der Waals surface area (Å²) < 4.78 is 2.16. The lowest BCUT2D eigenvalue weighted by Gasteiger charge is -2.33. The third kappa shape index (κ3) is 3.50. The highest BCUT2D eigenvalue weighted by Gasteiger charge is 2.40. The van der Waals surface area contributed by atoms with Crippen LogP contribution in [0.1, 0.15) is 81.0 Å². The molecule has 3 aliphatic rings. The Labute approximate surface area is 191 Å². The number of carbonyl (C=O) groups is 3. The zero-order valence-electron chi connectivity index (χ0n) is 18.8. The highest BCUT2D eigenvalue weighted by molar-refractivity contribution is 7.22.